The second-order valence-electron chi connectivity index (χ2n) is 5.07. The van der Waals surface area contributed by atoms with Gasteiger partial charge in [0.05, 0.1) is 0 Å². The molecule has 6 heteroatoms. The molecule has 1 aliphatic carbocycles. The van der Waals surface area contributed by atoms with Crippen molar-refractivity contribution >= 4 is 11.7 Å². The molecule has 0 saturated heterocycles. The van der Waals surface area contributed by atoms with Crippen LogP contribution in [0, 0.1) is 19.3 Å². The quantitative estimate of drug-likeness (QED) is 0.829. The number of alkyl halides is 3. The number of anilines is 1. The molecule has 0 spiro atoms. The Labute approximate surface area is 109 Å². The largest absolute Gasteiger partial charge is 0.403 e. The van der Waals surface area contributed by atoms with Crippen molar-refractivity contribution in [2.24, 2.45) is 5.41 Å². The van der Waals surface area contributed by atoms with E-state index in [1.807, 2.05) is 13.8 Å². The number of nitrogens with zero attached hydrogens (tertiary/aromatic N) is 2. The molecule has 0 bridgehead atoms. The molecule has 0 aliphatic heterocycles. The van der Waals surface area contributed by atoms with E-state index >= 15 is 0 Å². The van der Waals surface area contributed by atoms with E-state index in [0.29, 0.717) is 0 Å². The van der Waals surface area contributed by atoms with Crippen LogP contribution in [-0.4, -0.2) is 24.1 Å². The van der Waals surface area contributed by atoms with Crippen molar-refractivity contribution in [3.8, 4) is 0 Å². The molecule has 0 aromatic carbocycles. The summed E-state index contributed by atoms with van der Waals surface area (Å²) in [5, 5.41) is 0. The fraction of sp³-hybridized carbons (Fsp3) is 0.538. The van der Waals surface area contributed by atoms with Crippen LogP contribution in [0.4, 0.5) is 19.0 Å². The number of hydrogen-bond donors (Lipinski definition) is 0. The van der Waals surface area contributed by atoms with Crippen molar-refractivity contribution in [1.82, 2.24) is 4.98 Å². The van der Waals surface area contributed by atoms with Crippen LogP contribution in [0.25, 0.3) is 0 Å². The third-order valence-electron chi connectivity index (χ3n) is 3.71. The fourth-order valence-corrected chi connectivity index (χ4v) is 1.96. The summed E-state index contributed by atoms with van der Waals surface area (Å²) in [7, 11) is 1.34. The maximum absolute atomic E-state index is 12.9. The van der Waals surface area contributed by atoms with Crippen molar-refractivity contribution in [3.05, 3.63) is 23.4 Å². The molecule has 1 aromatic heterocycles. The smallest absolute Gasteiger partial charge is 0.299 e. The van der Waals surface area contributed by atoms with Crippen LogP contribution in [0.5, 0.6) is 0 Å². The first kappa shape index (κ1) is 13.8. The lowest BCUT2D eigenvalue weighted by atomic mass is 10.0. The van der Waals surface area contributed by atoms with Gasteiger partial charge in [-0.3, -0.25) is 9.69 Å². The molecule has 1 heterocycles. The van der Waals surface area contributed by atoms with Gasteiger partial charge in [0.1, 0.15) is 11.2 Å². The molecule has 2 rings (SSSR count). The van der Waals surface area contributed by atoms with Crippen LogP contribution in [0.2, 0.25) is 0 Å². The summed E-state index contributed by atoms with van der Waals surface area (Å²) in [5.41, 5.74) is -0.370. The van der Waals surface area contributed by atoms with E-state index in [4.69, 9.17) is 0 Å². The summed E-state index contributed by atoms with van der Waals surface area (Å²) < 4.78 is 38.7. The number of aryl methyl sites for hydroxylation is 2. The summed E-state index contributed by atoms with van der Waals surface area (Å²) in [6, 6.07) is 1.62. The van der Waals surface area contributed by atoms with Gasteiger partial charge in [-0.25, -0.2) is 4.98 Å². The molecular formula is C13H15F3N2O. The van der Waals surface area contributed by atoms with Gasteiger partial charge < -0.3 is 0 Å². The molecule has 104 valence electrons. The Hall–Kier alpha value is -1.59. The Morgan fingerprint density at radius 1 is 1.32 bits per heavy atom. The number of pyridine rings is 1. The van der Waals surface area contributed by atoms with E-state index < -0.39 is 17.5 Å². The Bertz CT molecular complexity index is 521. The molecule has 0 unspecified atom stereocenters. The summed E-state index contributed by atoms with van der Waals surface area (Å²) in [6.45, 7) is 3.68. The van der Waals surface area contributed by atoms with E-state index in [9.17, 15) is 18.0 Å². The molecule has 1 saturated carbocycles. The van der Waals surface area contributed by atoms with Crippen molar-refractivity contribution in [1.29, 1.82) is 0 Å². The van der Waals surface area contributed by atoms with E-state index in [0.717, 1.165) is 16.0 Å². The fourth-order valence-electron chi connectivity index (χ4n) is 1.96. The van der Waals surface area contributed by atoms with Gasteiger partial charge in [0.15, 0.2) is 0 Å². The molecule has 1 amide bonds. The molecule has 1 aromatic rings. The van der Waals surface area contributed by atoms with E-state index in [1.165, 1.54) is 7.05 Å². The normalized spacial score (nSPS) is 17.2. The van der Waals surface area contributed by atoms with Gasteiger partial charge in [-0.15, -0.1) is 0 Å². The summed E-state index contributed by atoms with van der Waals surface area (Å²) in [6.07, 6.45) is -3.20. The van der Waals surface area contributed by atoms with Gasteiger partial charge in [-0.1, -0.05) is 0 Å². The number of hydrogen-bond acceptors (Lipinski definition) is 2. The lowest BCUT2D eigenvalue weighted by Gasteiger charge is -2.25. The third-order valence-corrected chi connectivity index (χ3v) is 3.71. The van der Waals surface area contributed by atoms with Crippen LogP contribution in [0.3, 0.4) is 0 Å². The number of carbonyl (C=O) groups excluding carboxylic acids is 1. The number of halogens is 3. The topological polar surface area (TPSA) is 33.2 Å². The first-order chi connectivity index (χ1) is 8.69. The van der Waals surface area contributed by atoms with Crippen LogP contribution >= 0.6 is 0 Å². The summed E-state index contributed by atoms with van der Waals surface area (Å²) in [5.74, 6) is -0.667. The van der Waals surface area contributed by atoms with Crippen LogP contribution in [0.1, 0.15) is 24.0 Å². The molecule has 0 atom stereocenters. The Morgan fingerprint density at radius 3 is 2.32 bits per heavy atom. The molecule has 1 fully saturated rings. The predicted octanol–water partition coefficient (Wildman–Crippen LogP) is 3.00. The van der Waals surface area contributed by atoms with Crippen molar-refractivity contribution in [2.45, 2.75) is 32.9 Å². The van der Waals surface area contributed by atoms with Gasteiger partial charge in [0.2, 0.25) is 5.91 Å². The van der Waals surface area contributed by atoms with Crippen molar-refractivity contribution in [3.63, 3.8) is 0 Å². The molecule has 0 N–H and O–H groups in total. The molecule has 3 nitrogen and oxygen atoms in total. The van der Waals surface area contributed by atoms with Gasteiger partial charge in [-0.2, -0.15) is 13.2 Å². The standard InChI is InChI=1S/C13H15F3N2O/c1-8-6-10(17-7-9(8)2)18(3)11(19)12(4-5-12)13(14,15)16/h6-7H,4-5H2,1-3H3. The maximum atomic E-state index is 12.9. The van der Waals surface area contributed by atoms with E-state index in [1.54, 1.807) is 12.3 Å². The third kappa shape index (κ3) is 2.19. The van der Waals surface area contributed by atoms with Crippen molar-refractivity contribution < 1.29 is 18.0 Å². The average molecular weight is 272 g/mol. The first-order valence-corrected chi connectivity index (χ1v) is 5.97. The molecule has 0 radical (unpaired) electrons. The van der Waals surface area contributed by atoms with Crippen molar-refractivity contribution in [2.75, 3.05) is 11.9 Å². The van der Waals surface area contributed by atoms with Gasteiger partial charge in [0.25, 0.3) is 0 Å². The highest BCUT2D eigenvalue weighted by atomic mass is 19.4. The Kier molecular flexibility index (Phi) is 3.07. The monoisotopic (exact) mass is 272 g/mol. The zero-order valence-corrected chi connectivity index (χ0v) is 11.0. The predicted molar refractivity (Wildman–Crippen MR) is 64.8 cm³/mol. The number of aromatic nitrogens is 1. The highest BCUT2D eigenvalue weighted by molar-refractivity contribution is 5.98. The maximum Gasteiger partial charge on any atom is 0.403 e. The minimum Gasteiger partial charge on any atom is -0.299 e. The number of amides is 1. The Morgan fingerprint density at radius 2 is 1.89 bits per heavy atom. The average Bonchev–Trinajstić information content (AvgIpc) is 3.11. The lowest BCUT2D eigenvalue weighted by Crippen LogP contribution is -2.42. The second-order valence-corrected chi connectivity index (χ2v) is 5.07. The van der Waals surface area contributed by atoms with Gasteiger partial charge in [0, 0.05) is 13.2 Å². The number of carbonyl (C=O) groups is 1. The van der Waals surface area contributed by atoms with E-state index in [-0.39, 0.29) is 18.7 Å². The minimum atomic E-state index is -4.49. The minimum absolute atomic E-state index is 0.134. The zero-order chi connectivity index (χ0) is 14.4. The van der Waals surface area contributed by atoms with Gasteiger partial charge in [-0.05, 0) is 43.9 Å². The van der Waals surface area contributed by atoms with Crippen LogP contribution in [0.15, 0.2) is 12.3 Å². The summed E-state index contributed by atoms with van der Waals surface area (Å²) in [4.78, 5) is 17.1. The molecule has 1 aliphatic rings. The second kappa shape index (κ2) is 4.21. The Balaban J connectivity index is 2.27. The lowest BCUT2D eigenvalue weighted by molar-refractivity contribution is -0.190. The highest BCUT2D eigenvalue weighted by Gasteiger charge is 2.69. The van der Waals surface area contributed by atoms with E-state index in [2.05, 4.69) is 4.98 Å². The van der Waals surface area contributed by atoms with Crippen LogP contribution in [-0.2, 0) is 4.79 Å². The summed E-state index contributed by atoms with van der Waals surface area (Å²) >= 11 is 0. The SMILES string of the molecule is Cc1cnc(N(C)C(=O)C2(C(F)(F)F)CC2)cc1C. The molecule has 19 heavy (non-hydrogen) atoms. The molecular weight excluding hydrogens is 257 g/mol. The highest BCUT2D eigenvalue weighted by Crippen LogP contribution is 2.58. The first-order valence-electron chi connectivity index (χ1n) is 5.97. The zero-order valence-electron chi connectivity index (χ0n) is 11.0. The number of rotatable bonds is 2. The van der Waals surface area contributed by atoms with Crippen LogP contribution < -0.4 is 4.90 Å². The van der Waals surface area contributed by atoms with Gasteiger partial charge >= 0.3 is 6.18 Å².